The molecular weight excluding hydrogens is 307 g/mol. The first-order valence-electron chi connectivity index (χ1n) is 6.90. The van der Waals surface area contributed by atoms with Crippen LogP contribution in [-0.4, -0.2) is 15.7 Å². The summed E-state index contributed by atoms with van der Waals surface area (Å²) in [6, 6.07) is 5.75. The van der Waals surface area contributed by atoms with E-state index in [4.69, 9.17) is 5.73 Å². The maximum absolute atomic E-state index is 12.9. The highest BCUT2D eigenvalue weighted by Crippen LogP contribution is 2.30. The van der Waals surface area contributed by atoms with Crippen molar-refractivity contribution in [2.45, 2.75) is 26.6 Å². The molecule has 0 spiro atoms. The molecule has 23 heavy (non-hydrogen) atoms. The highest BCUT2D eigenvalue weighted by molar-refractivity contribution is 5.92. The normalized spacial score (nSPS) is 12.5. The third-order valence-electron chi connectivity index (χ3n) is 3.09. The second-order valence-electron chi connectivity index (χ2n) is 5.38. The van der Waals surface area contributed by atoms with Gasteiger partial charge in [-0.3, -0.25) is 4.68 Å². The summed E-state index contributed by atoms with van der Waals surface area (Å²) in [6.07, 6.45) is -3.22. The van der Waals surface area contributed by atoms with Crippen LogP contribution in [-0.2, 0) is 19.8 Å². The second-order valence-corrected chi connectivity index (χ2v) is 5.38. The number of aliphatic imine (C=N–C) groups is 1. The molecule has 0 radical (unpaired) electrons. The van der Waals surface area contributed by atoms with Gasteiger partial charge in [-0.05, 0) is 37.1 Å². The van der Waals surface area contributed by atoms with Crippen LogP contribution in [0.1, 0.15) is 22.4 Å². The molecule has 8 heteroatoms. The number of alkyl halides is 3. The van der Waals surface area contributed by atoms with E-state index >= 15 is 0 Å². The van der Waals surface area contributed by atoms with Crippen molar-refractivity contribution >= 4 is 11.6 Å². The monoisotopic (exact) mass is 325 g/mol. The molecule has 0 unspecified atom stereocenters. The highest BCUT2D eigenvalue weighted by atomic mass is 19.4. The van der Waals surface area contributed by atoms with E-state index in [2.05, 4.69) is 15.4 Å². The molecule has 0 amide bonds. The lowest BCUT2D eigenvalue weighted by molar-refractivity contribution is -0.142. The minimum atomic E-state index is -4.51. The molecule has 0 atom stereocenters. The topological polar surface area (TPSA) is 68.2 Å². The number of nitrogens with zero attached hydrogens (tertiary/aromatic N) is 3. The number of halogens is 3. The SMILES string of the molecule is Cc1cc(C)cc(NC(N)=NCc2cn(C)nc2C(F)(F)F)c1. The molecule has 0 saturated heterocycles. The standard InChI is InChI=1S/C15H18F3N5/c1-9-4-10(2)6-12(5-9)21-14(19)20-7-11-8-23(3)22-13(11)15(16,17)18/h4-6,8H,7H2,1-3H3,(H3,19,20,21). The molecule has 0 aliphatic rings. The van der Waals surface area contributed by atoms with Gasteiger partial charge >= 0.3 is 6.18 Å². The third-order valence-corrected chi connectivity index (χ3v) is 3.09. The lowest BCUT2D eigenvalue weighted by atomic mass is 10.1. The van der Waals surface area contributed by atoms with E-state index in [0.29, 0.717) is 0 Å². The number of nitrogens with two attached hydrogens (primary N) is 1. The molecule has 3 N–H and O–H groups in total. The molecule has 0 bridgehead atoms. The summed E-state index contributed by atoms with van der Waals surface area (Å²) in [5.74, 6) is 0.0481. The smallest absolute Gasteiger partial charge is 0.370 e. The van der Waals surface area contributed by atoms with Crippen LogP contribution in [0.5, 0.6) is 0 Å². The van der Waals surface area contributed by atoms with Gasteiger partial charge in [0, 0.05) is 24.5 Å². The molecule has 0 aliphatic carbocycles. The van der Waals surface area contributed by atoms with Crippen molar-refractivity contribution in [2.24, 2.45) is 17.8 Å². The minimum Gasteiger partial charge on any atom is -0.370 e. The van der Waals surface area contributed by atoms with E-state index in [1.54, 1.807) is 0 Å². The molecule has 0 saturated carbocycles. The summed E-state index contributed by atoms with van der Waals surface area (Å²) in [5.41, 5.74) is 7.62. The van der Waals surface area contributed by atoms with Crippen molar-refractivity contribution < 1.29 is 13.2 Å². The van der Waals surface area contributed by atoms with Crippen LogP contribution in [0.2, 0.25) is 0 Å². The van der Waals surface area contributed by atoms with Crippen molar-refractivity contribution in [1.82, 2.24) is 9.78 Å². The maximum Gasteiger partial charge on any atom is 0.435 e. The van der Waals surface area contributed by atoms with Gasteiger partial charge in [-0.2, -0.15) is 18.3 Å². The van der Waals surface area contributed by atoms with Crippen molar-refractivity contribution in [3.63, 3.8) is 0 Å². The number of aromatic nitrogens is 2. The predicted octanol–water partition coefficient (Wildman–Crippen LogP) is 2.98. The molecule has 124 valence electrons. The fourth-order valence-electron chi connectivity index (χ4n) is 2.30. The fraction of sp³-hybridized carbons (Fsp3) is 0.333. The zero-order valence-corrected chi connectivity index (χ0v) is 13.1. The van der Waals surface area contributed by atoms with Gasteiger partial charge in [0.1, 0.15) is 0 Å². The van der Waals surface area contributed by atoms with Crippen LogP contribution in [0.15, 0.2) is 29.4 Å². The molecule has 1 aromatic heterocycles. The summed E-state index contributed by atoms with van der Waals surface area (Å²) in [7, 11) is 1.43. The molecule has 0 fully saturated rings. The molecule has 2 aromatic rings. The Kier molecular flexibility index (Phi) is 4.63. The summed E-state index contributed by atoms with van der Waals surface area (Å²) >= 11 is 0. The summed E-state index contributed by atoms with van der Waals surface area (Å²) in [4.78, 5) is 3.97. The first kappa shape index (κ1) is 16.9. The Balaban J connectivity index is 2.14. The van der Waals surface area contributed by atoms with E-state index in [9.17, 15) is 13.2 Å². The van der Waals surface area contributed by atoms with Crippen molar-refractivity contribution in [3.05, 3.63) is 46.8 Å². The van der Waals surface area contributed by atoms with Gasteiger partial charge in [0.25, 0.3) is 0 Å². The molecule has 5 nitrogen and oxygen atoms in total. The number of aryl methyl sites for hydroxylation is 3. The summed E-state index contributed by atoms with van der Waals surface area (Å²) in [5, 5.41) is 6.31. The molecule has 0 aliphatic heterocycles. The zero-order valence-electron chi connectivity index (χ0n) is 13.1. The summed E-state index contributed by atoms with van der Waals surface area (Å²) < 4.78 is 39.7. The Morgan fingerprint density at radius 1 is 1.26 bits per heavy atom. The minimum absolute atomic E-state index is 0.0230. The van der Waals surface area contributed by atoms with Gasteiger partial charge in [-0.15, -0.1) is 0 Å². The number of hydrogen-bond acceptors (Lipinski definition) is 2. The number of hydrogen-bond donors (Lipinski definition) is 2. The van der Waals surface area contributed by atoms with Gasteiger partial charge in [-0.25, -0.2) is 4.99 Å². The third kappa shape index (κ3) is 4.48. The molecule has 2 rings (SSSR count). The van der Waals surface area contributed by atoms with E-state index < -0.39 is 11.9 Å². The number of anilines is 1. The van der Waals surface area contributed by atoms with Crippen LogP contribution in [0.4, 0.5) is 18.9 Å². The lowest BCUT2D eigenvalue weighted by Gasteiger charge is -2.08. The Morgan fingerprint density at radius 2 is 1.87 bits per heavy atom. The quantitative estimate of drug-likeness (QED) is 0.673. The molecular formula is C15H18F3N5. The number of rotatable bonds is 3. The van der Waals surface area contributed by atoms with Crippen molar-refractivity contribution in [1.29, 1.82) is 0 Å². The Bertz CT molecular complexity index is 711. The number of benzene rings is 1. The van der Waals surface area contributed by atoms with Gasteiger partial charge < -0.3 is 11.1 Å². The van der Waals surface area contributed by atoms with E-state index in [0.717, 1.165) is 21.5 Å². The van der Waals surface area contributed by atoms with Crippen LogP contribution in [0.3, 0.4) is 0 Å². The van der Waals surface area contributed by atoms with Gasteiger partial charge in [-0.1, -0.05) is 6.07 Å². The van der Waals surface area contributed by atoms with E-state index in [1.165, 1.54) is 13.2 Å². The largest absolute Gasteiger partial charge is 0.435 e. The van der Waals surface area contributed by atoms with Crippen LogP contribution < -0.4 is 11.1 Å². The van der Waals surface area contributed by atoms with E-state index in [1.807, 2.05) is 32.0 Å². The maximum atomic E-state index is 12.9. The highest BCUT2D eigenvalue weighted by Gasteiger charge is 2.36. The Morgan fingerprint density at radius 3 is 2.43 bits per heavy atom. The van der Waals surface area contributed by atoms with Gasteiger partial charge in [0.15, 0.2) is 11.7 Å². The van der Waals surface area contributed by atoms with Crippen molar-refractivity contribution in [3.8, 4) is 0 Å². The average Bonchev–Trinajstić information content (AvgIpc) is 2.76. The second kappa shape index (κ2) is 6.31. The van der Waals surface area contributed by atoms with Crippen LogP contribution >= 0.6 is 0 Å². The predicted molar refractivity (Wildman–Crippen MR) is 83.1 cm³/mol. The van der Waals surface area contributed by atoms with Gasteiger partial charge in [0.2, 0.25) is 0 Å². The molecule has 1 heterocycles. The number of nitrogens with one attached hydrogen (secondary N) is 1. The first-order valence-corrected chi connectivity index (χ1v) is 6.90. The average molecular weight is 325 g/mol. The fourth-order valence-corrected chi connectivity index (χ4v) is 2.30. The number of guanidine groups is 1. The van der Waals surface area contributed by atoms with Crippen molar-refractivity contribution in [2.75, 3.05) is 5.32 Å². The van der Waals surface area contributed by atoms with Crippen LogP contribution in [0.25, 0.3) is 0 Å². The Labute approximate surface area is 132 Å². The Hall–Kier alpha value is -2.51. The molecule has 1 aromatic carbocycles. The van der Waals surface area contributed by atoms with Crippen LogP contribution in [0, 0.1) is 13.8 Å². The lowest BCUT2D eigenvalue weighted by Crippen LogP contribution is -2.23. The summed E-state index contributed by atoms with van der Waals surface area (Å²) in [6.45, 7) is 3.68. The zero-order chi connectivity index (χ0) is 17.2. The van der Waals surface area contributed by atoms with E-state index in [-0.39, 0.29) is 18.1 Å². The first-order chi connectivity index (χ1) is 10.6. The van der Waals surface area contributed by atoms with Gasteiger partial charge in [0.05, 0.1) is 6.54 Å².